The second-order valence-electron chi connectivity index (χ2n) is 13.2. The molecule has 1 nitrogen and oxygen atoms in total. The van der Waals surface area contributed by atoms with Crippen LogP contribution in [-0.2, 0) is 0 Å². The molecule has 0 bridgehead atoms. The molecule has 230 valence electrons. The van der Waals surface area contributed by atoms with Crippen molar-refractivity contribution in [2.24, 2.45) is 0 Å². The van der Waals surface area contributed by atoms with Crippen molar-refractivity contribution in [3.05, 3.63) is 188 Å². The monoisotopic (exact) mass is 624 g/mol. The van der Waals surface area contributed by atoms with Crippen LogP contribution >= 0.6 is 0 Å². The summed E-state index contributed by atoms with van der Waals surface area (Å²) >= 11 is 0. The predicted octanol–water partition coefficient (Wildman–Crippen LogP) is 12.8. The zero-order chi connectivity index (χ0) is 32.3. The van der Waals surface area contributed by atoms with Crippen LogP contribution in [0, 0.1) is 0 Å². The average molecular weight is 625 g/mol. The van der Waals surface area contributed by atoms with E-state index in [1.54, 1.807) is 0 Å². The number of rotatable bonds is 4. The summed E-state index contributed by atoms with van der Waals surface area (Å²) in [4.78, 5) is 0. The summed E-state index contributed by atoms with van der Waals surface area (Å²) in [5.74, 6) is 1.26. The molecular weight excluding hydrogens is 593 g/mol. The Hall–Kier alpha value is -6.18. The molecule has 0 fully saturated rings. The Morgan fingerprint density at radius 3 is 1.63 bits per heavy atom. The Morgan fingerprint density at radius 1 is 0.388 bits per heavy atom. The van der Waals surface area contributed by atoms with Crippen LogP contribution in [0.3, 0.4) is 0 Å². The van der Waals surface area contributed by atoms with E-state index in [-0.39, 0.29) is 12.0 Å². The quantitative estimate of drug-likeness (QED) is 0.177. The van der Waals surface area contributed by atoms with Crippen molar-refractivity contribution in [3.63, 3.8) is 0 Å². The second-order valence-corrected chi connectivity index (χ2v) is 13.2. The lowest BCUT2D eigenvalue weighted by Gasteiger charge is -2.19. The molecule has 2 aliphatic rings. The van der Waals surface area contributed by atoms with Crippen molar-refractivity contribution in [1.29, 1.82) is 0 Å². The Labute approximate surface area is 286 Å². The van der Waals surface area contributed by atoms with E-state index in [1.807, 2.05) is 0 Å². The maximum atomic E-state index is 6.25. The van der Waals surface area contributed by atoms with Gasteiger partial charge in [0.2, 0.25) is 0 Å². The molecule has 8 aromatic rings. The molecule has 0 amide bonds. The number of allylic oxidation sites excluding steroid dienone is 2. The first-order valence-corrected chi connectivity index (χ1v) is 17.1. The number of hydrogen-bond donors (Lipinski definition) is 0. The van der Waals surface area contributed by atoms with E-state index in [9.17, 15) is 0 Å². The standard InChI is InChI=1S/C48H32O/c1-2-18-37-31(12-1)13-11-24-38(37)34-15-10-17-36(29-34)48-42-22-5-3-20-40(42)47(41-21-4-6-23-43(41)48)35-16-9-14-32(28-35)33-26-27-46-44(30-33)39-19-7-8-25-45(39)49-46/h1-30,39,45H. The highest BCUT2D eigenvalue weighted by Gasteiger charge is 2.32. The minimum absolute atomic E-state index is 0.0885. The maximum absolute atomic E-state index is 6.25. The van der Waals surface area contributed by atoms with Gasteiger partial charge in [-0.2, -0.15) is 0 Å². The molecule has 1 aliphatic carbocycles. The first-order valence-electron chi connectivity index (χ1n) is 17.1. The highest BCUT2D eigenvalue weighted by atomic mass is 16.5. The largest absolute Gasteiger partial charge is 0.485 e. The summed E-state index contributed by atoms with van der Waals surface area (Å²) in [6.07, 6.45) is 8.72. The Kier molecular flexibility index (Phi) is 6.38. The number of ether oxygens (including phenoxy) is 1. The summed E-state index contributed by atoms with van der Waals surface area (Å²) in [6, 6.07) is 57.9. The lowest BCUT2D eigenvalue weighted by atomic mass is 9.84. The first-order chi connectivity index (χ1) is 24.3. The molecule has 1 heteroatoms. The fourth-order valence-corrected chi connectivity index (χ4v) is 8.15. The summed E-state index contributed by atoms with van der Waals surface area (Å²) in [5.41, 5.74) is 11.2. The van der Waals surface area contributed by atoms with E-state index in [2.05, 4.69) is 182 Å². The van der Waals surface area contributed by atoms with E-state index in [1.165, 1.54) is 82.4 Å². The van der Waals surface area contributed by atoms with Crippen molar-refractivity contribution < 1.29 is 4.74 Å². The Morgan fingerprint density at radius 2 is 0.918 bits per heavy atom. The van der Waals surface area contributed by atoms with Crippen LogP contribution in [0.1, 0.15) is 11.5 Å². The minimum Gasteiger partial charge on any atom is -0.485 e. The number of hydrogen-bond acceptors (Lipinski definition) is 1. The van der Waals surface area contributed by atoms with Gasteiger partial charge in [0.15, 0.2) is 0 Å². The average Bonchev–Trinajstić information content (AvgIpc) is 3.55. The zero-order valence-electron chi connectivity index (χ0n) is 26.9. The molecule has 0 saturated heterocycles. The SMILES string of the molecule is C1=CC2Oc3ccc(-c4cccc(-c5c6ccccc6c(-c6cccc(-c7cccc8ccccc78)c6)c6ccccc56)c4)cc3C2C=C1. The van der Waals surface area contributed by atoms with Gasteiger partial charge in [0, 0.05) is 11.5 Å². The van der Waals surface area contributed by atoms with Crippen LogP contribution in [0.2, 0.25) is 0 Å². The predicted molar refractivity (Wildman–Crippen MR) is 206 cm³/mol. The maximum Gasteiger partial charge on any atom is 0.128 e. The smallest absolute Gasteiger partial charge is 0.128 e. The van der Waals surface area contributed by atoms with Crippen molar-refractivity contribution in [1.82, 2.24) is 0 Å². The van der Waals surface area contributed by atoms with Crippen LogP contribution in [0.25, 0.3) is 76.8 Å². The van der Waals surface area contributed by atoms with Gasteiger partial charge >= 0.3 is 0 Å². The molecule has 10 rings (SSSR count). The first kappa shape index (κ1) is 27.9. The zero-order valence-corrected chi connectivity index (χ0v) is 26.9. The van der Waals surface area contributed by atoms with Crippen molar-refractivity contribution >= 4 is 32.3 Å². The molecule has 0 saturated carbocycles. The van der Waals surface area contributed by atoms with Gasteiger partial charge in [0.05, 0.1) is 0 Å². The van der Waals surface area contributed by atoms with Crippen molar-refractivity contribution in [3.8, 4) is 50.3 Å². The molecule has 2 unspecified atom stereocenters. The molecule has 0 spiro atoms. The second kappa shape index (κ2) is 11.2. The highest BCUT2D eigenvalue weighted by Crippen LogP contribution is 2.46. The van der Waals surface area contributed by atoms with Gasteiger partial charge in [-0.15, -0.1) is 0 Å². The minimum atomic E-state index is 0.0885. The van der Waals surface area contributed by atoms with Gasteiger partial charge in [-0.25, -0.2) is 0 Å². The van der Waals surface area contributed by atoms with Gasteiger partial charge in [0.1, 0.15) is 11.9 Å². The Balaban J connectivity index is 1.15. The normalized spacial score (nSPS) is 16.2. The van der Waals surface area contributed by atoms with E-state index in [0.29, 0.717) is 0 Å². The third-order valence-corrected chi connectivity index (χ3v) is 10.4. The number of fused-ring (bicyclic) bond motifs is 6. The fourth-order valence-electron chi connectivity index (χ4n) is 8.15. The highest BCUT2D eigenvalue weighted by molar-refractivity contribution is 6.21. The summed E-state index contributed by atoms with van der Waals surface area (Å²) in [5, 5.41) is 7.56. The summed E-state index contributed by atoms with van der Waals surface area (Å²) < 4.78 is 6.25. The molecule has 49 heavy (non-hydrogen) atoms. The number of benzene rings is 8. The lowest BCUT2D eigenvalue weighted by molar-refractivity contribution is 0.269. The van der Waals surface area contributed by atoms with Gasteiger partial charge in [-0.1, -0.05) is 152 Å². The summed E-state index contributed by atoms with van der Waals surface area (Å²) in [7, 11) is 0. The molecule has 0 N–H and O–H groups in total. The van der Waals surface area contributed by atoms with Gasteiger partial charge < -0.3 is 4.74 Å². The van der Waals surface area contributed by atoms with E-state index in [0.717, 1.165) is 5.75 Å². The van der Waals surface area contributed by atoms with Crippen LogP contribution in [-0.4, -0.2) is 6.10 Å². The lowest BCUT2D eigenvalue weighted by Crippen LogP contribution is -2.15. The van der Waals surface area contributed by atoms with Gasteiger partial charge in [-0.05, 0) is 107 Å². The molecule has 2 atom stereocenters. The van der Waals surface area contributed by atoms with E-state index in [4.69, 9.17) is 4.74 Å². The molecular formula is C48H32O. The molecule has 1 aliphatic heterocycles. The van der Waals surface area contributed by atoms with Crippen LogP contribution in [0.5, 0.6) is 5.75 Å². The molecule has 8 aromatic carbocycles. The molecule has 0 aromatic heterocycles. The molecule has 0 radical (unpaired) electrons. The van der Waals surface area contributed by atoms with Crippen molar-refractivity contribution in [2.75, 3.05) is 0 Å². The van der Waals surface area contributed by atoms with Crippen molar-refractivity contribution in [2.45, 2.75) is 12.0 Å². The summed E-state index contributed by atoms with van der Waals surface area (Å²) in [6.45, 7) is 0. The third kappa shape index (κ3) is 4.54. The van der Waals surface area contributed by atoms with Gasteiger partial charge in [0.25, 0.3) is 0 Å². The van der Waals surface area contributed by atoms with Crippen LogP contribution in [0.4, 0.5) is 0 Å². The van der Waals surface area contributed by atoms with E-state index >= 15 is 0 Å². The van der Waals surface area contributed by atoms with Crippen LogP contribution < -0.4 is 4.74 Å². The van der Waals surface area contributed by atoms with Crippen LogP contribution in [0.15, 0.2) is 182 Å². The Bertz CT molecular complexity index is 2590. The van der Waals surface area contributed by atoms with Gasteiger partial charge in [-0.3, -0.25) is 0 Å². The van der Waals surface area contributed by atoms with E-state index < -0.39 is 0 Å². The molecule has 1 heterocycles. The topological polar surface area (TPSA) is 9.23 Å². The fraction of sp³-hybridized carbons (Fsp3) is 0.0417. The third-order valence-electron chi connectivity index (χ3n) is 10.4.